The van der Waals surface area contributed by atoms with Gasteiger partial charge in [0.2, 0.25) is 11.7 Å². The van der Waals surface area contributed by atoms with E-state index in [9.17, 15) is 0 Å². The predicted octanol–water partition coefficient (Wildman–Crippen LogP) is 2.54. The Morgan fingerprint density at radius 1 is 1.33 bits per heavy atom. The van der Waals surface area contributed by atoms with Crippen LogP contribution < -0.4 is 5.32 Å². The molecule has 4 nitrogen and oxygen atoms in total. The van der Waals surface area contributed by atoms with E-state index in [-0.39, 0.29) is 0 Å². The van der Waals surface area contributed by atoms with Gasteiger partial charge in [-0.25, -0.2) is 0 Å². The second kappa shape index (κ2) is 4.90. The van der Waals surface area contributed by atoms with Gasteiger partial charge in [-0.3, -0.25) is 0 Å². The lowest BCUT2D eigenvalue weighted by molar-refractivity contribution is 0.367. The van der Waals surface area contributed by atoms with Gasteiger partial charge >= 0.3 is 0 Å². The fourth-order valence-electron chi connectivity index (χ4n) is 1.97. The van der Waals surface area contributed by atoms with Gasteiger partial charge in [0.05, 0.1) is 6.54 Å². The first-order chi connectivity index (χ1) is 8.83. The molecule has 0 unspecified atom stereocenters. The van der Waals surface area contributed by atoms with Gasteiger partial charge in [-0.2, -0.15) is 4.98 Å². The average Bonchev–Trinajstić information content (AvgIpc) is 3.08. The van der Waals surface area contributed by atoms with Crippen LogP contribution in [0.3, 0.4) is 0 Å². The van der Waals surface area contributed by atoms with Gasteiger partial charge in [-0.1, -0.05) is 29.4 Å². The first-order valence-electron chi connectivity index (χ1n) is 6.42. The fourth-order valence-corrected chi connectivity index (χ4v) is 1.97. The van der Waals surface area contributed by atoms with Crippen LogP contribution in [0.2, 0.25) is 0 Å². The van der Waals surface area contributed by atoms with Crippen molar-refractivity contribution in [2.24, 2.45) is 5.92 Å². The minimum Gasteiger partial charge on any atom is -0.338 e. The SMILES string of the molecule is Cc1ccccc1-c1noc(CNCC2CC2)n1. The lowest BCUT2D eigenvalue weighted by Gasteiger charge is -1.98. The second-order valence-corrected chi connectivity index (χ2v) is 4.90. The molecular formula is C14H17N3O. The number of nitrogens with zero attached hydrogens (tertiary/aromatic N) is 2. The standard InChI is InChI=1S/C14H17N3O/c1-10-4-2-3-5-12(10)14-16-13(18-17-14)9-15-8-11-6-7-11/h2-5,11,15H,6-9H2,1H3. The molecule has 1 aliphatic carbocycles. The van der Waals surface area contributed by atoms with E-state index in [4.69, 9.17) is 4.52 Å². The Balaban J connectivity index is 1.66. The lowest BCUT2D eigenvalue weighted by atomic mass is 10.1. The molecule has 2 aromatic rings. The van der Waals surface area contributed by atoms with Crippen LogP contribution in [0.5, 0.6) is 0 Å². The summed E-state index contributed by atoms with van der Waals surface area (Å²) in [6.45, 7) is 3.77. The monoisotopic (exact) mass is 243 g/mol. The number of benzene rings is 1. The van der Waals surface area contributed by atoms with Gasteiger partial charge in [-0.15, -0.1) is 0 Å². The van der Waals surface area contributed by atoms with Gasteiger partial charge in [0.25, 0.3) is 0 Å². The molecule has 1 fully saturated rings. The Hall–Kier alpha value is -1.68. The summed E-state index contributed by atoms with van der Waals surface area (Å²) in [7, 11) is 0. The molecule has 3 rings (SSSR count). The van der Waals surface area contributed by atoms with Crippen LogP contribution in [0.4, 0.5) is 0 Å². The summed E-state index contributed by atoms with van der Waals surface area (Å²) in [5.74, 6) is 2.20. The summed E-state index contributed by atoms with van der Waals surface area (Å²) < 4.78 is 5.25. The maximum absolute atomic E-state index is 5.25. The smallest absolute Gasteiger partial charge is 0.240 e. The normalized spacial score (nSPS) is 14.9. The van der Waals surface area contributed by atoms with Crippen molar-refractivity contribution in [3.63, 3.8) is 0 Å². The van der Waals surface area contributed by atoms with Gasteiger partial charge in [-0.05, 0) is 37.8 Å². The van der Waals surface area contributed by atoms with Crippen molar-refractivity contribution >= 4 is 0 Å². The van der Waals surface area contributed by atoms with E-state index >= 15 is 0 Å². The quantitative estimate of drug-likeness (QED) is 0.876. The van der Waals surface area contributed by atoms with Crippen LogP contribution in [0.1, 0.15) is 24.3 Å². The van der Waals surface area contributed by atoms with E-state index in [0.29, 0.717) is 18.3 Å². The molecule has 1 saturated carbocycles. The Morgan fingerprint density at radius 3 is 2.94 bits per heavy atom. The van der Waals surface area contributed by atoms with E-state index in [1.807, 2.05) is 18.2 Å². The zero-order valence-electron chi connectivity index (χ0n) is 10.5. The van der Waals surface area contributed by atoms with Gasteiger partial charge in [0.1, 0.15) is 0 Å². The molecule has 0 amide bonds. The van der Waals surface area contributed by atoms with Crippen LogP contribution in [0.15, 0.2) is 28.8 Å². The van der Waals surface area contributed by atoms with Crippen molar-refractivity contribution < 1.29 is 4.52 Å². The number of nitrogens with one attached hydrogen (secondary N) is 1. The molecule has 0 radical (unpaired) electrons. The molecule has 1 aromatic heterocycles. The van der Waals surface area contributed by atoms with Crippen molar-refractivity contribution in [3.05, 3.63) is 35.7 Å². The van der Waals surface area contributed by atoms with Crippen molar-refractivity contribution in [1.82, 2.24) is 15.5 Å². The number of hydrogen-bond acceptors (Lipinski definition) is 4. The molecule has 1 heterocycles. The van der Waals surface area contributed by atoms with Crippen LogP contribution in [0.25, 0.3) is 11.4 Å². The number of aromatic nitrogens is 2. The van der Waals surface area contributed by atoms with Crippen LogP contribution in [-0.4, -0.2) is 16.7 Å². The highest BCUT2D eigenvalue weighted by Crippen LogP contribution is 2.27. The van der Waals surface area contributed by atoms with Gasteiger partial charge in [0.15, 0.2) is 0 Å². The van der Waals surface area contributed by atoms with Crippen molar-refractivity contribution in [1.29, 1.82) is 0 Å². The highest BCUT2D eigenvalue weighted by atomic mass is 16.5. The molecular weight excluding hydrogens is 226 g/mol. The van der Waals surface area contributed by atoms with Crippen molar-refractivity contribution in [2.75, 3.05) is 6.54 Å². The van der Waals surface area contributed by atoms with Crippen LogP contribution >= 0.6 is 0 Å². The van der Waals surface area contributed by atoms with E-state index in [1.165, 1.54) is 12.8 Å². The molecule has 0 aliphatic heterocycles. The zero-order chi connectivity index (χ0) is 12.4. The maximum atomic E-state index is 5.25. The highest BCUT2D eigenvalue weighted by molar-refractivity contribution is 5.58. The molecule has 1 aromatic carbocycles. The summed E-state index contributed by atoms with van der Waals surface area (Å²) in [4.78, 5) is 4.42. The summed E-state index contributed by atoms with van der Waals surface area (Å²) in [5.41, 5.74) is 2.20. The third kappa shape index (κ3) is 2.59. The fraction of sp³-hybridized carbons (Fsp3) is 0.429. The molecule has 1 N–H and O–H groups in total. The van der Waals surface area contributed by atoms with Crippen LogP contribution in [0, 0.1) is 12.8 Å². The second-order valence-electron chi connectivity index (χ2n) is 4.90. The number of rotatable bonds is 5. The van der Waals surface area contributed by atoms with Gasteiger partial charge in [0, 0.05) is 5.56 Å². The Morgan fingerprint density at radius 2 is 2.17 bits per heavy atom. The summed E-state index contributed by atoms with van der Waals surface area (Å²) in [5, 5.41) is 7.38. The first kappa shape index (κ1) is 11.4. The number of aryl methyl sites for hydroxylation is 1. The van der Waals surface area contributed by atoms with Crippen LogP contribution in [-0.2, 0) is 6.54 Å². The average molecular weight is 243 g/mol. The number of hydrogen-bond donors (Lipinski definition) is 1. The topological polar surface area (TPSA) is 51.0 Å². The molecule has 0 atom stereocenters. The molecule has 18 heavy (non-hydrogen) atoms. The molecule has 0 spiro atoms. The van der Waals surface area contributed by atoms with Gasteiger partial charge < -0.3 is 9.84 Å². The van der Waals surface area contributed by atoms with E-state index in [0.717, 1.165) is 23.6 Å². The minimum atomic E-state index is 0.661. The molecule has 0 saturated heterocycles. The largest absolute Gasteiger partial charge is 0.338 e. The van der Waals surface area contributed by atoms with E-state index in [1.54, 1.807) is 0 Å². The van der Waals surface area contributed by atoms with Crippen molar-refractivity contribution in [3.8, 4) is 11.4 Å². The predicted molar refractivity (Wildman–Crippen MR) is 68.9 cm³/mol. The Labute approximate surface area is 106 Å². The molecule has 4 heteroatoms. The first-order valence-corrected chi connectivity index (χ1v) is 6.42. The highest BCUT2D eigenvalue weighted by Gasteiger charge is 2.20. The lowest BCUT2D eigenvalue weighted by Crippen LogP contribution is -2.16. The third-order valence-corrected chi connectivity index (χ3v) is 3.26. The summed E-state index contributed by atoms with van der Waals surface area (Å²) in [6, 6.07) is 8.07. The molecule has 1 aliphatic rings. The Kier molecular flexibility index (Phi) is 3.11. The maximum Gasteiger partial charge on any atom is 0.240 e. The summed E-state index contributed by atoms with van der Waals surface area (Å²) in [6.07, 6.45) is 2.70. The summed E-state index contributed by atoms with van der Waals surface area (Å²) >= 11 is 0. The van der Waals surface area contributed by atoms with E-state index in [2.05, 4.69) is 28.4 Å². The van der Waals surface area contributed by atoms with Crippen molar-refractivity contribution in [2.45, 2.75) is 26.3 Å². The molecule has 94 valence electrons. The Bertz CT molecular complexity index is 531. The van der Waals surface area contributed by atoms with E-state index < -0.39 is 0 Å². The molecule has 0 bridgehead atoms. The zero-order valence-corrected chi connectivity index (χ0v) is 10.5. The third-order valence-electron chi connectivity index (χ3n) is 3.26. The minimum absolute atomic E-state index is 0.661.